The molecular weight excluding hydrogens is 1030 g/mol. The summed E-state index contributed by atoms with van der Waals surface area (Å²) in [5.74, 6) is -0.779. The zero-order chi connectivity index (χ0) is 57.0. The summed E-state index contributed by atoms with van der Waals surface area (Å²) in [5.41, 5.74) is -1.82. The summed E-state index contributed by atoms with van der Waals surface area (Å²) in [7, 11) is 0. The fourth-order valence-electron chi connectivity index (χ4n) is 16.5. The molecule has 4 saturated heterocycles. The molecule has 0 aromatic heterocycles. The Balaban J connectivity index is 0.931. The molecule has 78 heavy (non-hydrogen) atoms. The number of carbonyl (C=O) groups is 1. The average molecular weight is 1120 g/mol. The van der Waals surface area contributed by atoms with Crippen LogP contribution in [0.3, 0.4) is 0 Å². The van der Waals surface area contributed by atoms with Crippen molar-refractivity contribution in [2.24, 2.45) is 50.2 Å². The molecular formula is C54H88O24. The Morgan fingerprint density at radius 3 is 1.53 bits per heavy atom. The zero-order valence-corrected chi connectivity index (χ0v) is 45.4. The molecule has 0 radical (unpaired) electrons. The first-order chi connectivity index (χ1) is 36.6. The molecule has 0 spiro atoms. The lowest BCUT2D eigenvalue weighted by Crippen LogP contribution is -2.68. The van der Waals surface area contributed by atoms with Gasteiger partial charge >= 0.3 is 5.97 Å². The van der Waals surface area contributed by atoms with E-state index in [9.17, 15) is 81.4 Å². The van der Waals surface area contributed by atoms with Crippen LogP contribution in [0.1, 0.15) is 106 Å². The smallest absolute Gasteiger partial charge is 0.315 e. The molecule has 8 fully saturated rings. The van der Waals surface area contributed by atoms with Crippen molar-refractivity contribution in [2.75, 3.05) is 33.0 Å². The van der Waals surface area contributed by atoms with Crippen LogP contribution in [0.15, 0.2) is 11.6 Å². The second-order valence-corrected chi connectivity index (χ2v) is 26.1. The van der Waals surface area contributed by atoms with Gasteiger partial charge in [-0.3, -0.25) is 4.79 Å². The molecule has 0 aromatic rings. The van der Waals surface area contributed by atoms with E-state index in [1.165, 1.54) is 5.57 Å². The number of esters is 1. The van der Waals surface area contributed by atoms with Gasteiger partial charge in [-0.25, -0.2) is 0 Å². The van der Waals surface area contributed by atoms with Crippen molar-refractivity contribution in [2.45, 2.75) is 235 Å². The second-order valence-electron chi connectivity index (χ2n) is 26.1. The Kier molecular flexibility index (Phi) is 17.5. The van der Waals surface area contributed by atoms with Gasteiger partial charge in [0.25, 0.3) is 0 Å². The molecule has 0 amide bonds. The summed E-state index contributed by atoms with van der Waals surface area (Å²) in [4.78, 5) is 14.8. The SMILES string of the molecule is CC1(C)CCC2(C(=O)OC3OC(CO)C(O)C(O)C3O)CCC3(C)C(=CCC4C5(C)CCC(OC6OC(CO)C(O)C(OC7OC(CO)C(O)C(OC8OC(CO)C(O)C(O)C8O)C7O)C6O)C(C)(CO)C5CCC43C)C2C1. The predicted molar refractivity (Wildman–Crippen MR) is 264 cm³/mol. The molecule has 29 atom stereocenters. The first kappa shape index (κ1) is 60.9. The lowest BCUT2D eigenvalue weighted by molar-refractivity contribution is -0.385. The number of hydrogen-bond acceptors (Lipinski definition) is 24. The summed E-state index contributed by atoms with van der Waals surface area (Å²) in [6.07, 6.45) is -26.1. The summed E-state index contributed by atoms with van der Waals surface area (Å²) in [6, 6.07) is 0. The molecule has 4 saturated carbocycles. The van der Waals surface area contributed by atoms with Gasteiger partial charge in [-0.1, -0.05) is 53.2 Å². The molecule has 0 bridgehead atoms. The van der Waals surface area contributed by atoms with Crippen LogP contribution in [0.25, 0.3) is 0 Å². The van der Waals surface area contributed by atoms with Gasteiger partial charge in [-0.2, -0.15) is 0 Å². The van der Waals surface area contributed by atoms with Gasteiger partial charge in [0.15, 0.2) is 18.9 Å². The van der Waals surface area contributed by atoms with Gasteiger partial charge in [-0.05, 0) is 104 Å². The number of ether oxygens (including phenoxy) is 8. The highest BCUT2D eigenvalue weighted by Crippen LogP contribution is 2.76. The van der Waals surface area contributed by atoms with E-state index in [4.69, 9.17) is 37.9 Å². The molecule has 15 N–H and O–H groups in total. The highest BCUT2D eigenvalue weighted by molar-refractivity contribution is 5.79. The van der Waals surface area contributed by atoms with E-state index in [2.05, 4.69) is 40.7 Å². The number of fused-ring (bicyclic) bond motifs is 7. The summed E-state index contributed by atoms with van der Waals surface area (Å²) in [5, 5.41) is 161. The standard InChI is InChI=1S/C54H88O24/c1-49(2)13-15-54(48(70)78-45-39(67)37(65)33(61)26(19-56)72-45)16-14-52(5)23(24(54)17-49)7-8-30-50(3)11-10-31(51(4,22-59)29(50)9-12-53(30,52)6)75-46-40(68)42(34(62)27(20-57)73-46)77-47-41(69)43(35(63)28(21-58)74-47)76-44-38(66)36(64)32(60)25(18-55)71-44/h7,24-47,55-69H,8-22H2,1-6H3. The van der Waals surface area contributed by atoms with Crippen LogP contribution < -0.4 is 0 Å². The number of aliphatic hydroxyl groups excluding tert-OH is 15. The van der Waals surface area contributed by atoms with E-state index in [1.807, 2.05) is 6.92 Å². The quantitative estimate of drug-likeness (QED) is 0.0494. The van der Waals surface area contributed by atoms with Gasteiger partial charge < -0.3 is 114 Å². The van der Waals surface area contributed by atoms with Crippen LogP contribution >= 0.6 is 0 Å². The van der Waals surface area contributed by atoms with Crippen molar-refractivity contribution in [1.29, 1.82) is 0 Å². The van der Waals surface area contributed by atoms with Crippen molar-refractivity contribution in [3.05, 3.63) is 11.6 Å². The third-order valence-electron chi connectivity index (χ3n) is 21.6. The Hall–Kier alpha value is -1.67. The number of hydrogen-bond donors (Lipinski definition) is 15. The second kappa shape index (κ2) is 22.4. The van der Waals surface area contributed by atoms with E-state index < -0.39 is 172 Å². The van der Waals surface area contributed by atoms with E-state index in [0.717, 1.165) is 12.8 Å². The third kappa shape index (κ3) is 9.76. The number of rotatable bonds is 13. The average Bonchev–Trinajstić information content (AvgIpc) is 3.52. The lowest BCUT2D eigenvalue weighted by atomic mass is 9.33. The largest absolute Gasteiger partial charge is 0.432 e. The summed E-state index contributed by atoms with van der Waals surface area (Å²) >= 11 is 0. The lowest BCUT2D eigenvalue weighted by Gasteiger charge is -2.71. The van der Waals surface area contributed by atoms with Crippen LogP contribution in [-0.2, 0) is 42.7 Å². The van der Waals surface area contributed by atoms with E-state index in [1.54, 1.807) is 0 Å². The van der Waals surface area contributed by atoms with Gasteiger partial charge in [0.2, 0.25) is 6.29 Å². The first-order valence-electron chi connectivity index (χ1n) is 28.0. The molecule has 9 rings (SSSR count). The predicted octanol–water partition coefficient (Wildman–Crippen LogP) is -3.06. The number of allylic oxidation sites excluding steroid dienone is 2. The van der Waals surface area contributed by atoms with Crippen LogP contribution in [0, 0.1) is 50.2 Å². The van der Waals surface area contributed by atoms with Crippen molar-refractivity contribution < 1.29 is 119 Å². The minimum Gasteiger partial charge on any atom is -0.432 e. The van der Waals surface area contributed by atoms with Crippen LogP contribution in [-0.4, -0.2) is 245 Å². The third-order valence-corrected chi connectivity index (χ3v) is 21.6. The molecule has 0 aromatic carbocycles. The number of aliphatic hydroxyl groups is 15. The van der Waals surface area contributed by atoms with Gasteiger partial charge in [0.1, 0.15) is 97.7 Å². The van der Waals surface area contributed by atoms with Gasteiger partial charge in [0, 0.05) is 5.41 Å². The highest BCUT2D eigenvalue weighted by Gasteiger charge is 2.71. The molecule has 448 valence electrons. The van der Waals surface area contributed by atoms with E-state index >= 15 is 0 Å². The molecule has 29 unspecified atom stereocenters. The molecule has 4 aliphatic heterocycles. The van der Waals surface area contributed by atoms with Crippen molar-refractivity contribution in [1.82, 2.24) is 0 Å². The van der Waals surface area contributed by atoms with Gasteiger partial charge in [0.05, 0.1) is 44.6 Å². The molecule has 24 nitrogen and oxygen atoms in total. The first-order valence-corrected chi connectivity index (χ1v) is 28.0. The summed E-state index contributed by atoms with van der Waals surface area (Å²) < 4.78 is 47.3. The van der Waals surface area contributed by atoms with E-state index in [-0.39, 0.29) is 46.0 Å². The Bertz CT molecular complexity index is 2130. The number of carbonyl (C=O) groups excluding carboxylic acids is 1. The maximum atomic E-state index is 14.8. The summed E-state index contributed by atoms with van der Waals surface area (Å²) in [6.45, 7) is 9.93. The van der Waals surface area contributed by atoms with Crippen LogP contribution in [0.4, 0.5) is 0 Å². The fourth-order valence-corrected chi connectivity index (χ4v) is 16.5. The van der Waals surface area contributed by atoms with Crippen molar-refractivity contribution in [3.63, 3.8) is 0 Å². The minimum absolute atomic E-state index is 0.106. The monoisotopic (exact) mass is 1120 g/mol. The molecule has 24 heteroatoms. The van der Waals surface area contributed by atoms with Crippen molar-refractivity contribution in [3.8, 4) is 0 Å². The maximum absolute atomic E-state index is 14.8. The molecule has 5 aliphatic carbocycles. The van der Waals surface area contributed by atoms with Crippen molar-refractivity contribution >= 4 is 5.97 Å². The van der Waals surface area contributed by atoms with Crippen LogP contribution in [0.2, 0.25) is 0 Å². The van der Waals surface area contributed by atoms with Crippen LogP contribution in [0.5, 0.6) is 0 Å². The zero-order valence-electron chi connectivity index (χ0n) is 45.4. The molecule has 4 heterocycles. The van der Waals surface area contributed by atoms with E-state index in [0.29, 0.717) is 51.4 Å². The highest BCUT2D eigenvalue weighted by atomic mass is 16.8. The Labute approximate surface area is 453 Å². The normalized spacial score (nSPS) is 54.1. The minimum atomic E-state index is -2.00. The fraction of sp³-hybridized carbons (Fsp3) is 0.944. The maximum Gasteiger partial charge on any atom is 0.315 e. The Morgan fingerprint density at radius 1 is 0.526 bits per heavy atom. The Morgan fingerprint density at radius 2 is 1.00 bits per heavy atom. The topological polar surface area (TPSA) is 394 Å². The van der Waals surface area contributed by atoms with Gasteiger partial charge in [-0.15, -0.1) is 0 Å². The molecule has 9 aliphatic rings.